The minimum atomic E-state index is -0.350. The first kappa shape index (κ1) is 13.2. The number of amides is 2. The summed E-state index contributed by atoms with van der Waals surface area (Å²) >= 11 is 0. The molecule has 0 atom stereocenters. The Labute approximate surface area is 101 Å². The quantitative estimate of drug-likeness (QED) is 0.810. The molecule has 0 aliphatic rings. The van der Waals surface area contributed by atoms with Crippen molar-refractivity contribution in [1.82, 2.24) is 5.32 Å². The molecule has 0 radical (unpaired) electrons. The zero-order chi connectivity index (χ0) is 12.9. The maximum absolute atomic E-state index is 12.6. The molecule has 1 rings (SSSR count). The molecule has 0 spiro atoms. The van der Waals surface area contributed by atoms with Crippen molar-refractivity contribution in [3.63, 3.8) is 0 Å². The first-order valence-electron chi connectivity index (χ1n) is 5.38. The molecule has 0 aliphatic carbocycles. The number of carbonyl (C=O) groups excluding carboxylic acids is 1. The molecule has 1 aromatic rings. The van der Waals surface area contributed by atoms with E-state index in [9.17, 15) is 9.18 Å². The summed E-state index contributed by atoms with van der Waals surface area (Å²) in [4.78, 5) is 11.4. The van der Waals surface area contributed by atoms with Crippen LogP contribution in [0.4, 0.5) is 14.9 Å². The van der Waals surface area contributed by atoms with Gasteiger partial charge in [-0.3, -0.25) is 0 Å². The van der Waals surface area contributed by atoms with Gasteiger partial charge in [-0.05, 0) is 29.7 Å². The van der Waals surface area contributed by atoms with Crippen LogP contribution in [0.1, 0.15) is 20.8 Å². The number of hydrogen-bond donors (Lipinski definition) is 2. The van der Waals surface area contributed by atoms with Crippen molar-refractivity contribution in [2.24, 2.45) is 5.41 Å². The number of halogens is 1. The molecule has 3 nitrogen and oxygen atoms in total. The van der Waals surface area contributed by atoms with Crippen LogP contribution >= 0.6 is 0 Å². The van der Waals surface area contributed by atoms with Gasteiger partial charge in [0.15, 0.2) is 0 Å². The molecule has 2 amide bonds. The number of hydrogen-bond acceptors (Lipinski definition) is 1. The van der Waals surface area contributed by atoms with E-state index in [-0.39, 0.29) is 17.3 Å². The summed E-state index contributed by atoms with van der Waals surface area (Å²) in [6, 6.07) is 5.24. The van der Waals surface area contributed by atoms with Gasteiger partial charge in [-0.15, -0.1) is 0 Å². The monoisotopic (exact) mass is 236 g/mol. The minimum absolute atomic E-state index is 0.0170. The molecule has 0 fully saturated rings. The highest BCUT2D eigenvalue weighted by Crippen LogP contribution is 2.13. The average molecular weight is 236 g/mol. The summed E-state index contributed by atoms with van der Waals surface area (Å²) in [6.45, 7) is 6.09. The summed E-state index contributed by atoms with van der Waals surface area (Å²) in [7, 11) is 0. The molecule has 0 bridgehead atoms. The standard InChI is InChI=1S/C13H17FN2O/c1-13(2,3)8-9-15-12(17)16-11-6-4-10(14)5-7-11/h4-9H,1-3H3,(H2,15,16,17)/b9-8+. The fraction of sp³-hybridized carbons (Fsp3) is 0.308. The third-order valence-corrected chi connectivity index (χ3v) is 1.90. The summed E-state index contributed by atoms with van der Waals surface area (Å²) in [6.07, 6.45) is 3.48. The SMILES string of the molecule is CC(C)(C)/C=C/NC(=O)Nc1ccc(F)cc1. The Balaban J connectivity index is 2.45. The van der Waals surface area contributed by atoms with Crippen LogP contribution in [0.2, 0.25) is 0 Å². The summed E-state index contributed by atoms with van der Waals surface area (Å²) in [5.41, 5.74) is 0.566. The third kappa shape index (κ3) is 5.70. The number of rotatable bonds is 2. The van der Waals surface area contributed by atoms with Crippen LogP contribution in [0.25, 0.3) is 0 Å². The number of anilines is 1. The normalized spacial score (nSPS) is 11.5. The topological polar surface area (TPSA) is 41.1 Å². The van der Waals surface area contributed by atoms with Gasteiger partial charge in [-0.1, -0.05) is 26.8 Å². The van der Waals surface area contributed by atoms with E-state index in [1.54, 1.807) is 6.20 Å². The smallest absolute Gasteiger partial charge is 0.315 e. The lowest BCUT2D eigenvalue weighted by molar-refractivity contribution is 0.255. The molecule has 0 aromatic heterocycles. The van der Waals surface area contributed by atoms with Crippen molar-refractivity contribution in [3.8, 4) is 0 Å². The van der Waals surface area contributed by atoms with Gasteiger partial charge in [0.2, 0.25) is 0 Å². The van der Waals surface area contributed by atoms with E-state index in [2.05, 4.69) is 10.6 Å². The summed E-state index contributed by atoms with van der Waals surface area (Å²) < 4.78 is 12.6. The molecular weight excluding hydrogens is 219 g/mol. The van der Waals surface area contributed by atoms with E-state index < -0.39 is 0 Å². The van der Waals surface area contributed by atoms with Gasteiger partial charge in [-0.2, -0.15) is 0 Å². The molecule has 0 aliphatic heterocycles. The maximum Gasteiger partial charge on any atom is 0.323 e. The molecule has 92 valence electrons. The van der Waals surface area contributed by atoms with Crippen molar-refractivity contribution >= 4 is 11.7 Å². The molecule has 4 heteroatoms. The fourth-order valence-electron chi connectivity index (χ4n) is 1.07. The number of urea groups is 1. The summed E-state index contributed by atoms with van der Waals surface area (Å²) in [5, 5.41) is 5.17. The Kier molecular flexibility index (Phi) is 4.26. The fourth-order valence-corrected chi connectivity index (χ4v) is 1.07. The molecule has 0 heterocycles. The summed E-state index contributed by atoms with van der Waals surface area (Å²) in [5.74, 6) is -0.330. The molecule has 1 aromatic carbocycles. The lowest BCUT2D eigenvalue weighted by atomic mass is 9.97. The van der Waals surface area contributed by atoms with E-state index >= 15 is 0 Å². The van der Waals surface area contributed by atoms with Crippen LogP contribution < -0.4 is 10.6 Å². The van der Waals surface area contributed by atoms with E-state index in [4.69, 9.17) is 0 Å². The van der Waals surface area contributed by atoms with Gasteiger partial charge < -0.3 is 10.6 Å². The van der Waals surface area contributed by atoms with Crippen molar-refractivity contribution < 1.29 is 9.18 Å². The molecule has 0 saturated heterocycles. The number of benzene rings is 1. The van der Waals surface area contributed by atoms with Crippen LogP contribution in [-0.2, 0) is 0 Å². The van der Waals surface area contributed by atoms with E-state index in [0.717, 1.165) is 0 Å². The second-order valence-electron chi connectivity index (χ2n) is 4.80. The Morgan fingerprint density at radius 3 is 2.35 bits per heavy atom. The lowest BCUT2D eigenvalue weighted by Crippen LogP contribution is -2.24. The predicted molar refractivity (Wildman–Crippen MR) is 67.1 cm³/mol. The second kappa shape index (κ2) is 5.48. The van der Waals surface area contributed by atoms with Gasteiger partial charge in [0.05, 0.1) is 0 Å². The van der Waals surface area contributed by atoms with Gasteiger partial charge in [-0.25, -0.2) is 9.18 Å². The zero-order valence-electron chi connectivity index (χ0n) is 10.3. The van der Waals surface area contributed by atoms with Crippen molar-refractivity contribution in [2.45, 2.75) is 20.8 Å². The van der Waals surface area contributed by atoms with Gasteiger partial charge in [0.25, 0.3) is 0 Å². The van der Waals surface area contributed by atoms with Crippen LogP contribution in [0, 0.1) is 11.2 Å². The van der Waals surface area contributed by atoms with Crippen LogP contribution in [-0.4, -0.2) is 6.03 Å². The van der Waals surface area contributed by atoms with Crippen molar-refractivity contribution in [2.75, 3.05) is 5.32 Å². The largest absolute Gasteiger partial charge is 0.323 e. The molecular formula is C13H17FN2O. The lowest BCUT2D eigenvalue weighted by Gasteiger charge is -2.11. The molecule has 2 N–H and O–H groups in total. The van der Waals surface area contributed by atoms with Crippen molar-refractivity contribution in [3.05, 3.63) is 42.4 Å². The van der Waals surface area contributed by atoms with Gasteiger partial charge in [0, 0.05) is 11.9 Å². The number of allylic oxidation sites excluding steroid dienone is 1. The third-order valence-electron chi connectivity index (χ3n) is 1.90. The minimum Gasteiger partial charge on any atom is -0.315 e. The highest BCUT2D eigenvalue weighted by Gasteiger charge is 2.04. The number of carbonyl (C=O) groups is 1. The van der Waals surface area contributed by atoms with E-state index in [1.807, 2.05) is 26.8 Å². The Morgan fingerprint density at radius 2 is 1.82 bits per heavy atom. The van der Waals surface area contributed by atoms with E-state index in [0.29, 0.717) is 5.69 Å². The highest BCUT2D eigenvalue weighted by molar-refractivity contribution is 5.89. The second-order valence-corrected chi connectivity index (χ2v) is 4.80. The van der Waals surface area contributed by atoms with Gasteiger partial charge in [0.1, 0.15) is 5.82 Å². The average Bonchev–Trinajstić information content (AvgIpc) is 2.19. The first-order chi connectivity index (χ1) is 7.87. The highest BCUT2D eigenvalue weighted by atomic mass is 19.1. The Morgan fingerprint density at radius 1 is 1.24 bits per heavy atom. The van der Waals surface area contributed by atoms with E-state index in [1.165, 1.54) is 24.3 Å². The Hall–Kier alpha value is -1.84. The van der Waals surface area contributed by atoms with Crippen LogP contribution in [0.5, 0.6) is 0 Å². The predicted octanol–water partition coefficient (Wildman–Crippen LogP) is 3.51. The first-order valence-corrected chi connectivity index (χ1v) is 5.38. The zero-order valence-corrected chi connectivity index (χ0v) is 10.3. The molecule has 0 unspecified atom stereocenters. The number of nitrogens with one attached hydrogen (secondary N) is 2. The maximum atomic E-state index is 12.6. The van der Waals surface area contributed by atoms with Crippen LogP contribution in [0.3, 0.4) is 0 Å². The molecule has 17 heavy (non-hydrogen) atoms. The van der Waals surface area contributed by atoms with Gasteiger partial charge >= 0.3 is 6.03 Å². The van der Waals surface area contributed by atoms with Crippen molar-refractivity contribution in [1.29, 1.82) is 0 Å². The molecule has 0 saturated carbocycles. The van der Waals surface area contributed by atoms with Crippen LogP contribution in [0.15, 0.2) is 36.5 Å². The Bertz CT molecular complexity index is 404.